The average molecular weight is 276 g/mol. The molecular formula is C16H20O4. The quantitative estimate of drug-likeness (QED) is 0.723. The Hall–Kier alpha value is -1.06. The van der Waals surface area contributed by atoms with Crippen LogP contribution in [0.1, 0.15) is 38.5 Å². The van der Waals surface area contributed by atoms with Crippen LogP contribution in [0.3, 0.4) is 0 Å². The summed E-state index contributed by atoms with van der Waals surface area (Å²) in [6.07, 6.45) is 6.34. The number of esters is 2. The van der Waals surface area contributed by atoms with Gasteiger partial charge in [0.15, 0.2) is 0 Å². The van der Waals surface area contributed by atoms with Crippen LogP contribution in [0.15, 0.2) is 0 Å². The Balaban J connectivity index is 1.31. The van der Waals surface area contributed by atoms with Gasteiger partial charge in [0.2, 0.25) is 0 Å². The first kappa shape index (κ1) is 11.6. The van der Waals surface area contributed by atoms with Crippen molar-refractivity contribution >= 4 is 11.9 Å². The van der Waals surface area contributed by atoms with Crippen LogP contribution in [0.25, 0.3) is 0 Å². The van der Waals surface area contributed by atoms with Crippen LogP contribution >= 0.6 is 0 Å². The van der Waals surface area contributed by atoms with Crippen molar-refractivity contribution in [3.8, 4) is 0 Å². The molecule has 8 unspecified atom stereocenters. The molecule has 1 heterocycles. The molecule has 4 nitrogen and oxygen atoms in total. The van der Waals surface area contributed by atoms with Crippen molar-refractivity contribution in [2.45, 2.75) is 50.7 Å². The zero-order chi connectivity index (χ0) is 13.4. The molecule has 4 heteroatoms. The minimum atomic E-state index is -0.144. The third-order valence-corrected chi connectivity index (χ3v) is 6.71. The van der Waals surface area contributed by atoms with Gasteiger partial charge in [0.05, 0.1) is 11.8 Å². The van der Waals surface area contributed by atoms with E-state index in [1.54, 1.807) is 0 Å². The Labute approximate surface area is 118 Å². The first-order valence-corrected chi connectivity index (χ1v) is 8.11. The summed E-state index contributed by atoms with van der Waals surface area (Å²) in [5.41, 5.74) is 0. The van der Waals surface area contributed by atoms with E-state index >= 15 is 0 Å². The van der Waals surface area contributed by atoms with E-state index in [2.05, 4.69) is 0 Å². The zero-order valence-corrected chi connectivity index (χ0v) is 11.5. The SMILES string of the molecule is O=C(OC1C2CC3C(=O)OC1C3C2)C1CC2CCC1C2. The van der Waals surface area contributed by atoms with E-state index < -0.39 is 0 Å². The second-order valence-electron chi connectivity index (χ2n) is 7.59. The molecule has 1 saturated heterocycles. The maximum Gasteiger partial charge on any atom is 0.309 e. The summed E-state index contributed by atoms with van der Waals surface area (Å²) in [5.74, 6) is 2.17. The van der Waals surface area contributed by atoms with E-state index in [0.717, 1.165) is 25.2 Å². The van der Waals surface area contributed by atoms with Crippen molar-refractivity contribution in [1.29, 1.82) is 0 Å². The number of fused-ring (bicyclic) bond motifs is 3. The molecule has 0 N–H and O–H groups in total. The molecule has 5 fully saturated rings. The monoisotopic (exact) mass is 276 g/mol. The lowest BCUT2D eigenvalue weighted by Gasteiger charge is -2.28. The van der Waals surface area contributed by atoms with Crippen molar-refractivity contribution in [3.05, 3.63) is 0 Å². The first-order valence-electron chi connectivity index (χ1n) is 8.11. The fourth-order valence-corrected chi connectivity index (χ4v) is 5.82. The van der Waals surface area contributed by atoms with Crippen LogP contribution in [-0.4, -0.2) is 24.1 Å². The van der Waals surface area contributed by atoms with Gasteiger partial charge < -0.3 is 9.47 Å². The molecule has 0 aromatic rings. The van der Waals surface area contributed by atoms with Gasteiger partial charge in [0.25, 0.3) is 0 Å². The van der Waals surface area contributed by atoms with E-state index in [9.17, 15) is 9.59 Å². The smallest absolute Gasteiger partial charge is 0.309 e. The van der Waals surface area contributed by atoms with Gasteiger partial charge in [-0.15, -0.1) is 0 Å². The second-order valence-corrected chi connectivity index (χ2v) is 7.59. The summed E-state index contributed by atoms with van der Waals surface area (Å²) in [7, 11) is 0. The molecule has 5 aliphatic rings. The maximum absolute atomic E-state index is 12.5. The van der Waals surface area contributed by atoms with Gasteiger partial charge in [-0.3, -0.25) is 9.59 Å². The molecule has 0 aromatic heterocycles. The molecule has 1 aliphatic heterocycles. The van der Waals surface area contributed by atoms with Crippen LogP contribution in [0.2, 0.25) is 0 Å². The van der Waals surface area contributed by atoms with Crippen molar-refractivity contribution in [2.75, 3.05) is 0 Å². The molecule has 0 aromatic carbocycles. The van der Waals surface area contributed by atoms with Crippen molar-refractivity contribution < 1.29 is 19.1 Å². The second kappa shape index (κ2) is 3.77. The van der Waals surface area contributed by atoms with Gasteiger partial charge in [0.1, 0.15) is 12.2 Å². The lowest BCUT2D eigenvalue weighted by Crippen LogP contribution is -2.38. The maximum atomic E-state index is 12.5. The molecule has 4 bridgehead atoms. The van der Waals surface area contributed by atoms with E-state index in [0.29, 0.717) is 17.8 Å². The molecule has 0 radical (unpaired) electrons. The topological polar surface area (TPSA) is 52.6 Å². The highest BCUT2D eigenvalue weighted by atomic mass is 16.6. The Kier molecular flexibility index (Phi) is 2.19. The highest BCUT2D eigenvalue weighted by Gasteiger charge is 2.63. The van der Waals surface area contributed by atoms with Crippen molar-refractivity contribution in [1.82, 2.24) is 0 Å². The third-order valence-electron chi connectivity index (χ3n) is 6.71. The number of hydrogen-bond acceptors (Lipinski definition) is 4. The summed E-state index contributed by atoms with van der Waals surface area (Å²) in [6, 6.07) is 0. The molecule has 5 rings (SSSR count). The first-order chi connectivity index (χ1) is 9.70. The summed E-state index contributed by atoms with van der Waals surface area (Å²) in [5, 5.41) is 0. The summed E-state index contributed by atoms with van der Waals surface area (Å²) in [6.45, 7) is 0. The van der Waals surface area contributed by atoms with Crippen molar-refractivity contribution in [3.63, 3.8) is 0 Å². The van der Waals surface area contributed by atoms with Crippen LogP contribution in [-0.2, 0) is 19.1 Å². The molecule has 4 aliphatic carbocycles. The number of ether oxygens (including phenoxy) is 2. The predicted molar refractivity (Wildman–Crippen MR) is 68.4 cm³/mol. The number of carbonyl (C=O) groups excluding carboxylic acids is 2. The summed E-state index contributed by atoms with van der Waals surface area (Å²) in [4.78, 5) is 24.2. The van der Waals surface area contributed by atoms with Gasteiger partial charge in [-0.05, 0) is 43.9 Å². The fraction of sp³-hybridized carbons (Fsp3) is 0.875. The average Bonchev–Trinajstić information content (AvgIpc) is 3.19. The van der Waals surface area contributed by atoms with Gasteiger partial charge in [-0.25, -0.2) is 0 Å². The highest BCUT2D eigenvalue weighted by molar-refractivity contribution is 5.77. The lowest BCUT2D eigenvalue weighted by atomic mass is 9.87. The number of rotatable bonds is 2. The minimum absolute atomic E-state index is 0.00533. The molecule has 0 amide bonds. The van der Waals surface area contributed by atoms with Crippen molar-refractivity contribution in [2.24, 2.45) is 35.5 Å². The van der Waals surface area contributed by atoms with Crippen LogP contribution in [0.4, 0.5) is 0 Å². The van der Waals surface area contributed by atoms with E-state index in [1.807, 2.05) is 0 Å². The highest BCUT2D eigenvalue weighted by Crippen LogP contribution is 2.56. The number of carbonyl (C=O) groups is 2. The van der Waals surface area contributed by atoms with E-state index in [-0.39, 0.29) is 36.0 Å². The Morgan fingerprint density at radius 3 is 2.75 bits per heavy atom. The Bertz CT molecular complexity index is 487. The molecule has 0 spiro atoms. The van der Waals surface area contributed by atoms with Crippen LogP contribution in [0, 0.1) is 35.5 Å². The van der Waals surface area contributed by atoms with Crippen LogP contribution in [0.5, 0.6) is 0 Å². The fourth-order valence-electron chi connectivity index (χ4n) is 5.82. The lowest BCUT2D eigenvalue weighted by molar-refractivity contribution is -0.167. The predicted octanol–water partition coefficient (Wildman–Crippen LogP) is 1.92. The Morgan fingerprint density at radius 2 is 2.00 bits per heavy atom. The van der Waals surface area contributed by atoms with Gasteiger partial charge in [0, 0.05) is 11.8 Å². The van der Waals surface area contributed by atoms with Gasteiger partial charge in [-0.2, -0.15) is 0 Å². The molecular weight excluding hydrogens is 256 g/mol. The summed E-state index contributed by atoms with van der Waals surface area (Å²) < 4.78 is 11.3. The molecule has 8 atom stereocenters. The summed E-state index contributed by atoms with van der Waals surface area (Å²) >= 11 is 0. The number of hydrogen-bond donors (Lipinski definition) is 0. The Morgan fingerprint density at radius 1 is 1.10 bits per heavy atom. The molecule has 108 valence electrons. The molecule has 20 heavy (non-hydrogen) atoms. The standard InChI is InChI=1S/C16H20O4/c17-15(10-4-7-1-2-8(10)3-7)19-13-9-5-11-12(6-9)16(18)20-14(11)13/h7-14H,1-6H2. The third kappa shape index (κ3) is 1.38. The van der Waals surface area contributed by atoms with E-state index in [4.69, 9.17) is 9.47 Å². The molecule has 4 saturated carbocycles. The largest absolute Gasteiger partial charge is 0.458 e. The van der Waals surface area contributed by atoms with Crippen LogP contribution < -0.4 is 0 Å². The zero-order valence-electron chi connectivity index (χ0n) is 11.5. The van der Waals surface area contributed by atoms with Gasteiger partial charge in [-0.1, -0.05) is 6.42 Å². The minimum Gasteiger partial charge on any atom is -0.458 e. The van der Waals surface area contributed by atoms with Gasteiger partial charge >= 0.3 is 11.9 Å². The van der Waals surface area contributed by atoms with E-state index in [1.165, 1.54) is 19.3 Å². The normalized spacial score (nSPS) is 54.5.